The monoisotopic (exact) mass is 981 g/mol. The molecule has 7 rings (SSSR count). The summed E-state index contributed by atoms with van der Waals surface area (Å²) in [6, 6.07) is 17.1. The average molecular weight is 981 g/mol. The number of hydrogen-bond acceptors (Lipinski definition) is 14. The molecule has 380 valence electrons. The number of benzene rings is 2. The van der Waals surface area contributed by atoms with Crippen LogP contribution in [0.5, 0.6) is 11.8 Å². The molecule has 2 heterocycles. The van der Waals surface area contributed by atoms with Crippen molar-refractivity contribution >= 4 is 34.7 Å². The van der Waals surface area contributed by atoms with Crippen molar-refractivity contribution in [2.45, 2.75) is 145 Å². The minimum absolute atomic E-state index is 0.0580. The number of carbonyl (C=O) groups excluding carboxylic acids is 2. The van der Waals surface area contributed by atoms with Crippen molar-refractivity contribution in [2.24, 2.45) is 67.8 Å². The zero-order chi connectivity index (χ0) is 52.0. The summed E-state index contributed by atoms with van der Waals surface area (Å²) in [6.07, 6.45) is 7.66. The Labute approximate surface area is 421 Å². The van der Waals surface area contributed by atoms with Crippen LogP contribution in [0.4, 0.5) is 22.7 Å². The van der Waals surface area contributed by atoms with E-state index >= 15 is 0 Å². The van der Waals surface area contributed by atoms with Crippen molar-refractivity contribution in [1.29, 1.82) is 10.5 Å². The molecule has 4 aromatic rings. The quantitative estimate of drug-likeness (QED) is 0.0895. The van der Waals surface area contributed by atoms with Gasteiger partial charge in [0, 0.05) is 24.2 Å². The van der Waals surface area contributed by atoms with Gasteiger partial charge < -0.3 is 19.7 Å². The van der Waals surface area contributed by atoms with Crippen molar-refractivity contribution in [3.8, 4) is 23.9 Å². The largest absolute Gasteiger partial charge is 0.494 e. The minimum Gasteiger partial charge on any atom is -0.494 e. The molecule has 3 saturated carbocycles. The van der Waals surface area contributed by atoms with E-state index in [-0.39, 0.29) is 117 Å². The molecule has 0 amide bonds. The normalized spacial score (nSPS) is 23.6. The van der Waals surface area contributed by atoms with Crippen molar-refractivity contribution in [3.63, 3.8) is 0 Å². The van der Waals surface area contributed by atoms with Crippen molar-refractivity contribution in [2.75, 3.05) is 0 Å². The van der Waals surface area contributed by atoms with Gasteiger partial charge in [-0.1, -0.05) is 85.1 Å². The Morgan fingerprint density at radius 2 is 1.01 bits per heavy atom. The lowest BCUT2D eigenvalue weighted by Gasteiger charge is -2.36. The van der Waals surface area contributed by atoms with Crippen LogP contribution >= 0.6 is 0 Å². The molecule has 0 radical (unpaired) electrons. The fraction of sp³-hybridized carbons (Fsp3) is 0.536. The van der Waals surface area contributed by atoms with Gasteiger partial charge in [0.1, 0.15) is 35.7 Å². The SMILES string of the molecule is Cc1c(C#N)c(N=Nc2ccccc2C(=O)OC2CC(C)CCC2C(C)C)c(=O)n(CC2CCCC(Cn3c(O)c(C)c(C#N)c(N=Nc4ccccc4C(=O)OC4CC(C)CCC4C(C)C)c3=O)C2)c1O. The van der Waals surface area contributed by atoms with Crippen LogP contribution in [0.15, 0.2) is 78.6 Å². The predicted octanol–water partition coefficient (Wildman–Crippen LogP) is 12.4. The Balaban J connectivity index is 1.11. The Morgan fingerprint density at radius 3 is 1.39 bits per heavy atom. The van der Waals surface area contributed by atoms with E-state index in [1.54, 1.807) is 48.5 Å². The number of nitrogens with zero attached hydrogens (tertiary/aromatic N) is 8. The third-order valence-corrected chi connectivity index (χ3v) is 15.5. The van der Waals surface area contributed by atoms with Gasteiger partial charge in [-0.2, -0.15) is 10.5 Å². The molecule has 0 saturated heterocycles. The molecule has 3 fully saturated rings. The van der Waals surface area contributed by atoms with Gasteiger partial charge in [-0.25, -0.2) is 9.59 Å². The number of rotatable bonds is 14. The van der Waals surface area contributed by atoms with E-state index in [0.717, 1.165) is 38.5 Å². The molecule has 16 nitrogen and oxygen atoms in total. The maximum atomic E-state index is 14.2. The summed E-state index contributed by atoms with van der Waals surface area (Å²) in [7, 11) is 0. The van der Waals surface area contributed by atoms with Crippen molar-refractivity contribution < 1.29 is 29.3 Å². The second-order valence-corrected chi connectivity index (χ2v) is 21.3. The summed E-state index contributed by atoms with van der Waals surface area (Å²) in [4.78, 5) is 55.8. The zero-order valence-electron chi connectivity index (χ0n) is 42.8. The molecule has 3 aliphatic rings. The number of ether oxygens (including phenoxy) is 2. The van der Waals surface area contributed by atoms with Crippen LogP contribution in [0, 0.1) is 83.9 Å². The van der Waals surface area contributed by atoms with E-state index in [9.17, 15) is 39.9 Å². The summed E-state index contributed by atoms with van der Waals surface area (Å²) in [5, 5.41) is 60.4. The zero-order valence-corrected chi connectivity index (χ0v) is 42.8. The highest BCUT2D eigenvalue weighted by molar-refractivity contribution is 5.95. The molecule has 8 unspecified atom stereocenters. The molecule has 16 heteroatoms. The first kappa shape index (κ1) is 52.9. The van der Waals surface area contributed by atoms with Gasteiger partial charge in [0.25, 0.3) is 11.1 Å². The number of nitriles is 2. The van der Waals surface area contributed by atoms with Crippen LogP contribution in [-0.2, 0) is 22.6 Å². The van der Waals surface area contributed by atoms with E-state index in [0.29, 0.717) is 49.4 Å². The molecule has 0 bridgehead atoms. The molecule has 2 aromatic heterocycles. The molecule has 2 N–H and O–H groups in total. The van der Waals surface area contributed by atoms with Gasteiger partial charge in [-0.3, -0.25) is 18.7 Å². The van der Waals surface area contributed by atoms with Crippen LogP contribution < -0.4 is 11.1 Å². The van der Waals surface area contributed by atoms with Crippen molar-refractivity contribution in [3.05, 3.63) is 103 Å². The summed E-state index contributed by atoms with van der Waals surface area (Å²) in [5.41, 5.74) is -1.37. The lowest BCUT2D eigenvalue weighted by molar-refractivity contribution is -0.0181. The number of hydrogen-bond donors (Lipinski definition) is 2. The van der Waals surface area contributed by atoms with Crippen LogP contribution in [0.25, 0.3) is 0 Å². The molecular weight excluding hydrogens is 913 g/mol. The Bertz CT molecular complexity index is 2750. The summed E-state index contributed by atoms with van der Waals surface area (Å²) in [5.74, 6) is -0.262. The first-order valence-corrected chi connectivity index (χ1v) is 25.6. The standard InChI is InChI=1S/C56H68N8O8/c1-31(2)39-22-20-33(5)24-47(39)71-55(69)41-16-9-11-18-45(41)59-61-49-43(27-57)35(7)51(65)63(53(49)67)29-37-14-13-15-38(26-37)30-64-52(66)36(8)44(28-58)50(54(64)68)62-60-46-19-12-10-17-42(46)56(70)72-48-25-34(6)21-23-40(48)32(3)4/h9-12,16-19,31-34,37-40,47-48,65-66H,13-15,20-26,29-30H2,1-8H3. The smallest absolute Gasteiger partial charge is 0.340 e. The minimum atomic E-state index is -0.735. The summed E-state index contributed by atoms with van der Waals surface area (Å²) in [6.45, 7) is 16.0. The first-order valence-electron chi connectivity index (χ1n) is 25.6. The first-order chi connectivity index (χ1) is 34.4. The molecule has 8 atom stereocenters. The number of azo groups is 2. The number of carbonyl (C=O) groups is 2. The fourth-order valence-corrected chi connectivity index (χ4v) is 11.3. The molecular formula is C56H68N8O8. The van der Waals surface area contributed by atoms with Gasteiger partial charge in [0.15, 0.2) is 23.1 Å². The van der Waals surface area contributed by atoms with Gasteiger partial charge in [0.05, 0.1) is 22.3 Å². The maximum absolute atomic E-state index is 14.2. The Kier molecular flexibility index (Phi) is 16.9. The predicted molar refractivity (Wildman–Crippen MR) is 271 cm³/mol. The third kappa shape index (κ3) is 11.5. The van der Waals surface area contributed by atoms with Crippen LogP contribution in [-0.4, -0.2) is 43.5 Å². The summed E-state index contributed by atoms with van der Waals surface area (Å²) < 4.78 is 14.6. The van der Waals surface area contributed by atoms with E-state index in [1.165, 1.54) is 23.0 Å². The maximum Gasteiger partial charge on any atom is 0.340 e. The van der Waals surface area contributed by atoms with E-state index in [2.05, 4.69) is 62.0 Å². The fourth-order valence-electron chi connectivity index (χ4n) is 11.3. The van der Waals surface area contributed by atoms with Crippen molar-refractivity contribution in [1.82, 2.24) is 9.13 Å². The second-order valence-electron chi connectivity index (χ2n) is 21.3. The lowest BCUT2D eigenvalue weighted by Crippen LogP contribution is -2.35. The van der Waals surface area contributed by atoms with Gasteiger partial charge >= 0.3 is 11.9 Å². The van der Waals surface area contributed by atoms with Crippen LogP contribution in [0.1, 0.15) is 149 Å². The summed E-state index contributed by atoms with van der Waals surface area (Å²) >= 11 is 0. The van der Waals surface area contributed by atoms with E-state index in [4.69, 9.17) is 9.47 Å². The van der Waals surface area contributed by atoms with Gasteiger partial charge in [0.2, 0.25) is 0 Å². The molecule has 72 heavy (non-hydrogen) atoms. The van der Waals surface area contributed by atoms with Gasteiger partial charge in [-0.15, -0.1) is 20.5 Å². The number of pyridine rings is 2. The molecule has 3 aliphatic carbocycles. The van der Waals surface area contributed by atoms with Crippen LogP contribution in [0.2, 0.25) is 0 Å². The Morgan fingerprint density at radius 1 is 0.625 bits per heavy atom. The van der Waals surface area contributed by atoms with E-state index < -0.39 is 23.1 Å². The average Bonchev–Trinajstić information content (AvgIpc) is 3.35. The molecule has 2 aromatic carbocycles. The number of aromatic hydroxyl groups is 2. The van der Waals surface area contributed by atoms with E-state index in [1.807, 2.05) is 12.1 Å². The number of esters is 2. The second kappa shape index (κ2) is 23.1. The highest BCUT2D eigenvalue weighted by atomic mass is 16.5. The van der Waals surface area contributed by atoms with Crippen LogP contribution in [0.3, 0.4) is 0 Å². The third-order valence-electron chi connectivity index (χ3n) is 15.5. The highest BCUT2D eigenvalue weighted by Crippen LogP contribution is 2.40. The Hall–Kier alpha value is -6.94. The molecule has 0 aliphatic heterocycles. The topological polar surface area (TPSA) is 234 Å². The highest BCUT2D eigenvalue weighted by Gasteiger charge is 2.36. The number of aromatic nitrogens is 2. The molecule has 0 spiro atoms. The van der Waals surface area contributed by atoms with Gasteiger partial charge in [-0.05, 0) is 130 Å². The lowest BCUT2D eigenvalue weighted by atomic mass is 9.75.